The molecule has 1 aliphatic rings. The van der Waals surface area contributed by atoms with Gasteiger partial charge in [-0.3, -0.25) is 4.79 Å². The normalized spacial score (nSPS) is 16.9. The van der Waals surface area contributed by atoms with Gasteiger partial charge in [0.05, 0.1) is 10.6 Å². The first-order chi connectivity index (χ1) is 13.1. The van der Waals surface area contributed by atoms with E-state index in [4.69, 9.17) is 11.6 Å². The van der Waals surface area contributed by atoms with Crippen molar-refractivity contribution >= 4 is 57.0 Å². The standard InChI is InChI=1S/C20H14ClN3OS2/c1-12-2-4-13(5-3-12)10-17-18(25)23-20(27-17)24-19-22-16(11-26-19)14-6-8-15(21)9-7-14/h2-11H,1H3,(H,22,23,24,25)/b17-10-. The SMILES string of the molecule is Cc1ccc(/C=C2\SC(=Nc3nc(-c4ccc(Cl)cc4)cs3)NC2=O)cc1. The van der Waals surface area contributed by atoms with Gasteiger partial charge >= 0.3 is 0 Å². The van der Waals surface area contributed by atoms with Gasteiger partial charge in [0.2, 0.25) is 5.13 Å². The van der Waals surface area contributed by atoms with Crippen LogP contribution in [0.15, 0.2) is 63.8 Å². The van der Waals surface area contributed by atoms with Crippen LogP contribution >= 0.6 is 34.7 Å². The molecular formula is C20H14ClN3OS2. The first-order valence-corrected chi connectivity index (χ1v) is 10.2. The maximum Gasteiger partial charge on any atom is 0.264 e. The van der Waals surface area contributed by atoms with Crippen LogP contribution in [0.4, 0.5) is 5.13 Å². The second-order valence-corrected chi connectivity index (χ2v) is 8.22. The van der Waals surface area contributed by atoms with Gasteiger partial charge in [-0.25, -0.2) is 4.98 Å². The molecule has 0 bridgehead atoms. The van der Waals surface area contributed by atoms with Crippen LogP contribution < -0.4 is 5.32 Å². The number of carbonyl (C=O) groups excluding carboxylic acids is 1. The molecule has 1 fully saturated rings. The fourth-order valence-electron chi connectivity index (χ4n) is 2.45. The van der Waals surface area contributed by atoms with Gasteiger partial charge in [-0.1, -0.05) is 53.6 Å². The Morgan fingerprint density at radius 2 is 1.85 bits per heavy atom. The molecule has 27 heavy (non-hydrogen) atoms. The molecule has 0 saturated carbocycles. The number of nitrogens with zero attached hydrogens (tertiary/aromatic N) is 2. The second kappa shape index (κ2) is 7.68. The molecule has 0 spiro atoms. The van der Waals surface area contributed by atoms with Gasteiger partial charge in [-0.05, 0) is 42.5 Å². The van der Waals surface area contributed by atoms with Crippen LogP contribution in [0, 0.1) is 6.92 Å². The van der Waals surface area contributed by atoms with Gasteiger partial charge in [0.25, 0.3) is 5.91 Å². The van der Waals surface area contributed by atoms with Crippen LogP contribution in [0.1, 0.15) is 11.1 Å². The van der Waals surface area contributed by atoms with Crippen LogP contribution in [0.3, 0.4) is 0 Å². The molecule has 1 saturated heterocycles. The van der Waals surface area contributed by atoms with Gasteiger partial charge in [-0.15, -0.1) is 11.3 Å². The third-order valence-corrected chi connectivity index (χ3v) is 5.75. The lowest BCUT2D eigenvalue weighted by Crippen LogP contribution is -2.19. The second-order valence-electron chi connectivity index (χ2n) is 5.91. The van der Waals surface area contributed by atoms with E-state index in [9.17, 15) is 4.79 Å². The number of amides is 1. The number of aromatic nitrogens is 1. The third-order valence-electron chi connectivity index (χ3n) is 3.86. The maximum absolute atomic E-state index is 12.2. The number of halogens is 1. The van der Waals surface area contributed by atoms with Crippen molar-refractivity contribution in [3.8, 4) is 11.3 Å². The first-order valence-electron chi connectivity index (χ1n) is 8.14. The molecular weight excluding hydrogens is 398 g/mol. The zero-order chi connectivity index (χ0) is 18.8. The Morgan fingerprint density at radius 1 is 1.11 bits per heavy atom. The average Bonchev–Trinajstić information content (AvgIpc) is 3.25. The monoisotopic (exact) mass is 411 g/mol. The highest BCUT2D eigenvalue weighted by atomic mass is 35.5. The Bertz CT molecular complexity index is 1050. The Kier molecular flexibility index (Phi) is 5.11. The number of aryl methyl sites for hydroxylation is 1. The molecule has 1 aliphatic heterocycles. The van der Waals surface area contributed by atoms with Gasteiger partial charge in [-0.2, -0.15) is 4.99 Å². The van der Waals surface area contributed by atoms with Crippen molar-refractivity contribution in [3.05, 3.63) is 75.0 Å². The Balaban J connectivity index is 1.53. The molecule has 7 heteroatoms. The molecule has 0 radical (unpaired) electrons. The number of hydrogen-bond acceptors (Lipinski definition) is 5. The van der Waals surface area contributed by atoms with E-state index >= 15 is 0 Å². The van der Waals surface area contributed by atoms with E-state index in [-0.39, 0.29) is 5.91 Å². The highest BCUT2D eigenvalue weighted by Gasteiger charge is 2.24. The molecule has 4 rings (SSSR count). The molecule has 4 nitrogen and oxygen atoms in total. The zero-order valence-electron chi connectivity index (χ0n) is 14.3. The largest absolute Gasteiger partial charge is 0.300 e. The third kappa shape index (κ3) is 4.30. The van der Waals surface area contributed by atoms with E-state index in [2.05, 4.69) is 15.3 Å². The Labute approximate surface area is 170 Å². The molecule has 2 aromatic carbocycles. The molecule has 3 aromatic rings. The quantitative estimate of drug-likeness (QED) is 0.565. The van der Waals surface area contributed by atoms with Crippen molar-refractivity contribution in [3.63, 3.8) is 0 Å². The van der Waals surface area contributed by atoms with Crippen LogP contribution in [-0.4, -0.2) is 16.1 Å². The molecule has 2 heterocycles. The van der Waals surface area contributed by atoms with Crippen molar-refractivity contribution < 1.29 is 4.79 Å². The van der Waals surface area contributed by atoms with Crippen LogP contribution in [0.2, 0.25) is 5.02 Å². The summed E-state index contributed by atoms with van der Waals surface area (Å²) < 4.78 is 0. The summed E-state index contributed by atoms with van der Waals surface area (Å²) in [6.07, 6.45) is 1.86. The lowest BCUT2D eigenvalue weighted by molar-refractivity contribution is -0.115. The van der Waals surface area contributed by atoms with E-state index in [1.54, 1.807) is 0 Å². The van der Waals surface area contributed by atoms with Crippen molar-refractivity contribution in [2.24, 2.45) is 4.99 Å². The summed E-state index contributed by atoms with van der Waals surface area (Å²) in [6, 6.07) is 15.5. The van der Waals surface area contributed by atoms with Crippen molar-refractivity contribution in [2.45, 2.75) is 6.92 Å². The maximum atomic E-state index is 12.2. The summed E-state index contributed by atoms with van der Waals surface area (Å²) in [4.78, 5) is 21.8. The van der Waals surface area contributed by atoms with Crippen molar-refractivity contribution in [2.75, 3.05) is 0 Å². The molecule has 1 aromatic heterocycles. The topological polar surface area (TPSA) is 54.4 Å². The molecule has 134 valence electrons. The number of thioether (sulfide) groups is 1. The van der Waals surface area contributed by atoms with E-state index < -0.39 is 0 Å². The number of aliphatic imine (C=N–C) groups is 1. The van der Waals surface area contributed by atoms with Crippen LogP contribution in [0.5, 0.6) is 0 Å². The Morgan fingerprint density at radius 3 is 2.59 bits per heavy atom. The molecule has 0 unspecified atom stereocenters. The summed E-state index contributed by atoms with van der Waals surface area (Å²) in [5.74, 6) is -0.145. The highest BCUT2D eigenvalue weighted by molar-refractivity contribution is 8.18. The van der Waals surface area contributed by atoms with E-state index in [1.165, 1.54) is 28.7 Å². The summed E-state index contributed by atoms with van der Waals surface area (Å²) >= 11 is 8.67. The lowest BCUT2D eigenvalue weighted by atomic mass is 10.1. The van der Waals surface area contributed by atoms with Gasteiger partial charge in [0, 0.05) is 16.0 Å². The predicted molar refractivity (Wildman–Crippen MR) is 115 cm³/mol. The minimum absolute atomic E-state index is 0.145. The van der Waals surface area contributed by atoms with E-state index in [1.807, 2.05) is 66.9 Å². The lowest BCUT2D eigenvalue weighted by Gasteiger charge is -1.96. The molecule has 0 atom stereocenters. The number of rotatable bonds is 3. The Hall–Kier alpha value is -2.41. The van der Waals surface area contributed by atoms with Crippen molar-refractivity contribution in [1.82, 2.24) is 10.3 Å². The number of thiazole rings is 1. The fraction of sp³-hybridized carbons (Fsp3) is 0.0500. The minimum Gasteiger partial charge on any atom is -0.300 e. The fourth-order valence-corrected chi connectivity index (χ4v) is 4.16. The van der Waals surface area contributed by atoms with Gasteiger partial charge in [0.15, 0.2) is 5.17 Å². The van der Waals surface area contributed by atoms with Crippen LogP contribution in [0.25, 0.3) is 17.3 Å². The minimum atomic E-state index is -0.145. The van der Waals surface area contributed by atoms with E-state index in [0.717, 1.165) is 16.8 Å². The molecule has 1 amide bonds. The summed E-state index contributed by atoms with van der Waals surface area (Å²) in [5, 5.41) is 6.55. The highest BCUT2D eigenvalue weighted by Crippen LogP contribution is 2.31. The number of carbonyl (C=O) groups is 1. The number of benzene rings is 2. The predicted octanol–water partition coefficient (Wildman–Crippen LogP) is 5.66. The van der Waals surface area contributed by atoms with Crippen molar-refractivity contribution in [1.29, 1.82) is 0 Å². The number of amidine groups is 1. The van der Waals surface area contributed by atoms with Crippen LogP contribution in [-0.2, 0) is 4.79 Å². The van der Waals surface area contributed by atoms with Gasteiger partial charge in [0.1, 0.15) is 0 Å². The smallest absolute Gasteiger partial charge is 0.264 e. The molecule has 0 aliphatic carbocycles. The summed E-state index contributed by atoms with van der Waals surface area (Å²) in [5.41, 5.74) is 3.98. The summed E-state index contributed by atoms with van der Waals surface area (Å²) in [6.45, 7) is 2.03. The number of nitrogens with one attached hydrogen (secondary N) is 1. The summed E-state index contributed by atoms with van der Waals surface area (Å²) in [7, 11) is 0. The zero-order valence-corrected chi connectivity index (χ0v) is 16.7. The first kappa shape index (κ1) is 18.0. The number of hydrogen-bond donors (Lipinski definition) is 1. The van der Waals surface area contributed by atoms with Gasteiger partial charge < -0.3 is 5.32 Å². The van der Waals surface area contributed by atoms with E-state index in [0.29, 0.717) is 20.2 Å². The molecule has 1 N–H and O–H groups in total. The average molecular weight is 412 g/mol.